The van der Waals surface area contributed by atoms with Crippen LogP contribution in [0.3, 0.4) is 0 Å². The first kappa shape index (κ1) is 88.4. The molecule has 4 amide bonds. The number of benzene rings is 1. The molecule has 5 aliphatic rings. The third-order valence-electron chi connectivity index (χ3n) is 24.8. The first-order chi connectivity index (χ1) is 64.6. The minimum Gasteiger partial charge on any atom is -0.375 e. The number of aryl methyl sites for hydroxylation is 1. The van der Waals surface area contributed by atoms with Gasteiger partial charge in [0.05, 0.1) is 107 Å². The number of hydrogen-bond acceptors (Lipinski definition) is 28. The number of thiophene rings is 1. The maximum Gasteiger partial charge on any atom is 0.329 e. The summed E-state index contributed by atoms with van der Waals surface area (Å²) in [6, 6.07) is 22.1. The summed E-state index contributed by atoms with van der Waals surface area (Å²) in [5.74, 6) is -0.297. The fraction of sp³-hybridized carbons (Fsp3) is 0.330. The Hall–Kier alpha value is -15.3. The molecule has 4 saturated heterocycles. The van der Waals surface area contributed by atoms with Crippen LogP contribution in [0.1, 0.15) is 86.7 Å². The Bertz CT molecular complexity index is 7580. The minimum atomic E-state index is -0.501. The van der Waals surface area contributed by atoms with E-state index in [-0.39, 0.29) is 74.2 Å². The third-order valence-corrected chi connectivity index (χ3v) is 25.5. The second-order valence-electron chi connectivity index (χ2n) is 32.8. The molecule has 0 saturated carbocycles. The van der Waals surface area contributed by atoms with Crippen molar-refractivity contribution in [3.05, 3.63) is 228 Å². The summed E-state index contributed by atoms with van der Waals surface area (Å²) in [7, 11) is 7.78. The van der Waals surface area contributed by atoms with E-state index in [9.17, 15) is 57.5 Å². The summed E-state index contributed by atoms with van der Waals surface area (Å²) in [5.41, 5.74) is 10.8. The molecular weight excluding hydrogens is 1730 g/mol. The van der Waals surface area contributed by atoms with E-state index in [0.29, 0.717) is 209 Å². The van der Waals surface area contributed by atoms with E-state index < -0.39 is 45.0 Å². The number of rotatable bonds is 16. The van der Waals surface area contributed by atoms with E-state index >= 15 is 0 Å². The number of likely N-dealkylation sites (tertiary alicyclic amines) is 4. The number of piperidine rings is 4. The lowest BCUT2D eigenvalue weighted by Gasteiger charge is -2.33. The molecule has 0 bridgehead atoms. The number of fused-ring (bicyclic) bond motifs is 13. The molecule has 0 unspecified atom stereocenters. The van der Waals surface area contributed by atoms with E-state index in [1.165, 1.54) is 58.8 Å². The van der Waals surface area contributed by atoms with Crippen molar-refractivity contribution in [1.29, 1.82) is 0 Å². The molecular formula is C91H89N25O16S. The number of pyridine rings is 8. The standard InChI is InChI=1S/C26H24N6O4.C22H23N7O4.C22H21N5O4S.C21H21N7O4/c1-36-14-22(33)31-8-6-18(7-9-31)32-24-19(25(34)30-26(32)35)13-28-21-5-4-20(29-23(21)24)15-2-3-16-11-27-12-17(16)10-15;1-27-11-13(9-24-27)16-3-4-17-19(25-16)20-15(10-23-17)21(31)26-22(32)29(20)14-5-7-28(8-6-14)18(30)12-33-2;1-31-11-18(28)26-7-4-14(5-8-26)27-20-15(21(29)25-22(27)30)10-23-17-3-2-16(24-19(17)20)13-6-9-32-12-13;1-32-11-17(29)27-6-4-13(5-7-27)28-19-14(20(30)26-21(28)31)10-22-16-3-2-15(25-18(16)19)12-8-23-24-9-12/h2-5,10,12-13,18H,6-9,11,14H2,1H3,(H,30,34,35);3-4,9-11,14H,5-8,12H2,1-2H3,(H,26,31,32);2-3,6,9-10,12,14H,4-5,7-8,11H2,1H3,(H,25,29,30);2-3,8-10,13H,4-7,11H2,1H3,(H,23,24)(H,26,30,31). The average Bonchev–Trinajstić information content (AvgIpc) is 0.778. The fourth-order valence-corrected chi connectivity index (χ4v) is 18.8. The molecule has 20 heterocycles. The van der Waals surface area contributed by atoms with Gasteiger partial charge in [-0.05, 0) is 129 Å². The highest BCUT2D eigenvalue weighted by atomic mass is 32.1. The number of nitrogens with zero attached hydrogens (tertiary/aromatic N) is 20. The first-order valence-electron chi connectivity index (χ1n) is 43.1. The second-order valence-corrected chi connectivity index (χ2v) is 33.6. The van der Waals surface area contributed by atoms with Crippen molar-refractivity contribution in [2.24, 2.45) is 12.0 Å². The zero-order chi connectivity index (χ0) is 92.4. The van der Waals surface area contributed by atoms with Gasteiger partial charge in [-0.2, -0.15) is 21.5 Å². The van der Waals surface area contributed by atoms with Gasteiger partial charge in [0.15, 0.2) is 0 Å². The average molecular weight is 1820 g/mol. The third kappa shape index (κ3) is 17.7. The van der Waals surface area contributed by atoms with Gasteiger partial charge in [-0.1, -0.05) is 12.1 Å². The first-order valence-corrected chi connectivity index (χ1v) is 44.0. The largest absolute Gasteiger partial charge is 0.375 e. The van der Waals surface area contributed by atoms with Crippen molar-refractivity contribution < 1.29 is 38.1 Å². The van der Waals surface area contributed by atoms with E-state index in [0.717, 1.165) is 39.2 Å². The Morgan fingerprint density at radius 2 is 0.737 bits per heavy atom. The minimum absolute atomic E-state index is 0.0310. The summed E-state index contributed by atoms with van der Waals surface area (Å²) in [6.45, 7) is 4.82. The quantitative estimate of drug-likeness (QED) is 0.0704. The molecule has 0 radical (unpaired) electrons. The zero-order valence-electron chi connectivity index (χ0n) is 72.8. The van der Waals surface area contributed by atoms with E-state index in [4.69, 9.17) is 38.9 Å². The topological polar surface area (TPSA) is 500 Å². The van der Waals surface area contributed by atoms with Crippen LogP contribution < -0.4 is 45.0 Å². The predicted octanol–water partition coefficient (Wildman–Crippen LogP) is 5.89. The normalized spacial score (nSPS) is 15.1. The van der Waals surface area contributed by atoms with Crippen LogP contribution in [0, 0.1) is 0 Å². The SMILES string of the molecule is COCC(=O)N1CCC(n2c(=O)[nH]c(=O)c3cnc4ccc(-c5ccc6c(c5)C=NC6)nc4c32)CC1.COCC(=O)N1CCC(n2c(=O)[nH]c(=O)c3cnc4ccc(-c5ccsc5)nc4c32)CC1.COCC(=O)N1CCC(n2c(=O)[nH]c(=O)c3cnc4ccc(-c5cn[nH]c5)nc4c32)CC1.COCC(=O)N1CCC(n2c(=O)[nH]c(=O)c3cnc4ccc(-c5cnn(C)c5)nc4c32)CC1. The molecule has 4 fully saturated rings. The number of aliphatic imine (C=N–C) groups is 1. The Labute approximate surface area is 754 Å². The number of carbonyl (C=O) groups excluding carboxylic acids is 4. The van der Waals surface area contributed by atoms with Crippen LogP contribution in [0.4, 0.5) is 0 Å². The molecule has 0 aliphatic carbocycles. The highest BCUT2D eigenvalue weighted by Crippen LogP contribution is 2.36. The second kappa shape index (κ2) is 38.0. The van der Waals surface area contributed by atoms with Crippen LogP contribution in [0.15, 0.2) is 176 Å². The molecule has 16 aromatic rings. The molecule has 0 spiro atoms. The van der Waals surface area contributed by atoms with Crippen LogP contribution >= 0.6 is 11.3 Å². The van der Waals surface area contributed by atoms with Gasteiger partial charge >= 0.3 is 22.8 Å². The molecule has 5 aliphatic heterocycles. The van der Waals surface area contributed by atoms with Gasteiger partial charge in [0, 0.05) is 183 Å². The Morgan fingerprint density at radius 1 is 0.398 bits per heavy atom. The van der Waals surface area contributed by atoms with Crippen molar-refractivity contribution >= 4 is 129 Å². The Balaban J connectivity index is 0.000000119. The molecule has 5 N–H and O–H groups in total. The van der Waals surface area contributed by atoms with Gasteiger partial charge in [0.1, 0.15) is 48.5 Å². The number of carbonyl (C=O) groups is 4. The Kier molecular flexibility index (Phi) is 25.3. The lowest BCUT2D eigenvalue weighted by molar-refractivity contribution is -0.137. The lowest BCUT2D eigenvalue weighted by Crippen LogP contribution is -2.43. The number of H-pyrrole nitrogens is 5. The van der Waals surface area contributed by atoms with Crippen molar-refractivity contribution in [2.45, 2.75) is 82.1 Å². The van der Waals surface area contributed by atoms with Crippen LogP contribution in [0.25, 0.3) is 133 Å². The summed E-state index contributed by atoms with van der Waals surface area (Å²) in [4.78, 5) is 209. The molecule has 0 atom stereocenters. The lowest BCUT2D eigenvalue weighted by atomic mass is 10.0. The number of amides is 4. The highest BCUT2D eigenvalue weighted by molar-refractivity contribution is 7.08. The molecule has 133 heavy (non-hydrogen) atoms. The van der Waals surface area contributed by atoms with Gasteiger partial charge in [-0.25, -0.2) is 39.1 Å². The molecule has 21 rings (SSSR count). The molecule has 15 aromatic heterocycles. The number of nitrogens with one attached hydrogen (secondary N) is 5. The Morgan fingerprint density at radius 3 is 1.05 bits per heavy atom. The van der Waals surface area contributed by atoms with Gasteiger partial charge in [-0.15, -0.1) is 0 Å². The van der Waals surface area contributed by atoms with Crippen LogP contribution in [0.2, 0.25) is 0 Å². The number of methoxy groups -OCH3 is 4. The van der Waals surface area contributed by atoms with Crippen molar-refractivity contribution in [1.82, 2.24) is 118 Å². The summed E-state index contributed by atoms with van der Waals surface area (Å²) >= 11 is 1.57. The monoisotopic (exact) mass is 1820 g/mol. The maximum atomic E-state index is 13.1. The number of aromatic amines is 5. The number of ether oxygens (including phenoxy) is 4. The predicted molar refractivity (Wildman–Crippen MR) is 494 cm³/mol. The maximum absolute atomic E-state index is 13.1. The van der Waals surface area contributed by atoms with E-state index in [2.05, 4.69) is 60.2 Å². The van der Waals surface area contributed by atoms with Gasteiger partial charge in [0.25, 0.3) is 22.2 Å². The van der Waals surface area contributed by atoms with Crippen LogP contribution in [-0.4, -0.2) is 255 Å². The molecule has 680 valence electrons. The highest BCUT2D eigenvalue weighted by Gasteiger charge is 2.34. The van der Waals surface area contributed by atoms with Gasteiger partial charge in [-0.3, -0.25) is 111 Å². The summed E-state index contributed by atoms with van der Waals surface area (Å²) in [5, 5.41) is 16.1. The van der Waals surface area contributed by atoms with Gasteiger partial charge < -0.3 is 38.5 Å². The van der Waals surface area contributed by atoms with Gasteiger partial charge in [0.2, 0.25) is 23.6 Å². The molecule has 41 nitrogen and oxygen atoms in total. The summed E-state index contributed by atoms with van der Waals surface area (Å²) < 4.78 is 28.0. The fourth-order valence-electron chi connectivity index (χ4n) is 18.2. The molecule has 42 heteroatoms. The number of aromatic nitrogens is 20. The van der Waals surface area contributed by atoms with Crippen molar-refractivity contribution in [3.8, 4) is 45.0 Å². The molecule has 1 aromatic carbocycles. The van der Waals surface area contributed by atoms with Crippen molar-refractivity contribution in [2.75, 3.05) is 107 Å². The van der Waals surface area contributed by atoms with Crippen LogP contribution in [-0.2, 0) is 51.7 Å². The smallest absolute Gasteiger partial charge is 0.329 e. The van der Waals surface area contributed by atoms with Crippen LogP contribution in [0.5, 0.6) is 0 Å². The zero-order valence-corrected chi connectivity index (χ0v) is 73.6. The van der Waals surface area contributed by atoms with Crippen molar-refractivity contribution in [3.63, 3.8) is 0 Å². The van der Waals surface area contributed by atoms with E-state index in [1.54, 1.807) is 72.5 Å². The van der Waals surface area contributed by atoms with E-state index in [1.807, 2.05) is 103 Å². The number of hydrogen-bond donors (Lipinski definition) is 5. The summed E-state index contributed by atoms with van der Waals surface area (Å²) in [6.07, 6.45) is 19.3.